The molecule has 6 rings (SSSR count). The molecule has 0 aromatic heterocycles. The Balaban J connectivity index is 1.62. The molecule has 0 atom stereocenters. The van der Waals surface area contributed by atoms with Crippen molar-refractivity contribution in [2.75, 3.05) is 0 Å². The van der Waals surface area contributed by atoms with E-state index in [0.717, 1.165) is 0 Å². The number of hydrogen-bond donors (Lipinski definition) is 0. The van der Waals surface area contributed by atoms with E-state index >= 15 is 0 Å². The molecule has 0 amide bonds. The third kappa shape index (κ3) is 2.34. The number of esters is 4. The maximum absolute atomic E-state index is 12.2. The number of hydrogen-bond acceptors (Lipinski definition) is 7. The second-order valence-electron chi connectivity index (χ2n) is 7.14. The average molecular weight is 410 g/mol. The van der Waals surface area contributed by atoms with Crippen molar-refractivity contribution < 1.29 is 33.4 Å². The first-order chi connectivity index (χ1) is 15.0. The summed E-state index contributed by atoms with van der Waals surface area (Å²) < 4.78 is 15.7. The molecule has 0 unspecified atom stereocenters. The Labute approximate surface area is 173 Å². The fraction of sp³-hybridized carbons (Fsp3) is 0. The Bertz CT molecular complexity index is 1420. The van der Waals surface area contributed by atoms with E-state index in [1.165, 1.54) is 12.1 Å². The van der Waals surface area contributed by atoms with Crippen LogP contribution in [-0.2, 0) is 9.47 Å². The van der Waals surface area contributed by atoms with Crippen molar-refractivity contribution in [3.63, 3.8) is 0 Å². The molecule has 0 spiro atoms. The van der Waals surface area contributed by atoms with Gasteiger partial charge in [0.2, 0.25) is 0 Å². The van der Waals surface area contributed by atoms with Crippen LogP contribution >= 0.6 is 0 Å². The van der Waals surface area contributed by atoms with Crippen LogP contribution in [0.25, 0.3) is 21.5 Å². The van der Waals surface area contributed by atoms with Crippen LogP contribution in [0.4, 0.5) is 0 Å². The van der Waals surface area contributed by atoms with Gasteiger partial charge in [-0.2, -0.15) is 0 Å². The van der Waals surface area contributed by atoms with Gasteiger partial charge in [0.15, 0.2) is 0 Å². The highest BCUT2D eigenvalue weighted by Crippen LogP contribution is 2.41. The van der Waals surface area contributed by atoms with Crippen molar-refractivity contribution in [2.45, 2.75) is 0 Å². The number of ether oxygens (including phenoxy) is 3. The molecule has 2 aliphatic rings. The Morgan fingerprint density at radius 3 is 1.32 bits per heavy atom. The average Bonchev–Trinajstić information content (AvgIpc) is 3.22. The van der Waals surface area contributed by atoms with E-state index in [4.69, 9.17) is 14.2 Å². The molecule has 0 aliphatic carbocycles. The molecule has 7 heteroatoms. The van der Waals surface area contributed by atoms with Crippen LogP contribution in [0.15, 0.2) is 60.7 Å². The molecule has 0 N–H and O–H groups in total. The molecule has 0 radical (unpaired) electrons. The van der Waals surface area contributed by atoms with Crippen LogP contribution in [0.5, 0.6) is 11.5 Å². The van der Waals surface area contributed by atoms with E-state index in [2.05, 4.69) is 0 Å². The number of benzene rings is 4. The topological polar surface area (TPSA) is 96.0 Å². The lowest BCUT2D eigenvalue weighted by Crippen LogP contribution is -1.98. The van der Waals surface area contributed by atoms with Crippen molar-refractivity contribution in [3.05, 3.63) is 82.9 Å². The van der Waals surface area contributed by atoms with Gasteiger partial charge < -0.3 is 14.2 Å². The first-order valence-electron chi connectivity index (χ1n) is 9.35. The van der Waals surface area contributed by atoms with Gasteiger partial charge in [-0.1, -0.05) is 48.5 Å². The molecule has 0 fully saturated rings. The summed E-state index contributed by atoms with van der Waals surface area (Å²) in [6, 6.07) is 16.9. The molecule has 0 saturated carbocycles. The number of rotatable bonds is 2. The molecular weight excluding hydrogens is 400 g/mol. The van der Waals surface area contributed by atoms with Crippen molar-refractivity contribution >= 4 is 45.4 Å². The summed E-state index contributed by atoms with van der Waals surface area (Å²) >= 11 is 0. The van der Waals surface area contributed by atoms with Crippen LogP contribution in [-0.4, -0.2) is 23.9 Å². The summed E-state index contributed by atoms with van der Waals surface area (Å²) in [5, 5.41) is 2.23. The SMILES string of the molecule is O=C1OC(=O)c2c1cc(Oc1cc3c(c4ccccc14)C(=O)OC3=O)c1ccccc21. The van der Waals surface area contributed by atoms with Gasteiger partial charge in [0.1, 0.15) is 11.5 Å². The van der Waals surface area contributed by atoms with E-state index in [0.29, 0.717) is 33.0 Å². The fourth-order valence-electron chi connectivity index (χ4n) is 4.11. The summed E-state index contributed by atoms with van der Waals surface area (Å²) in [5.74, 6) is -2.28. The molecule has 4 aromatic rings. The van der Waals surface area contributed by atoms with Gasteiger partial charge in [-0.3, -0.25) is 0 Å². The minimum absolute atomic E-state index is 0.110. The van der Waals surface area contributed by atoms with Crippen LogP contribution in [0, 0.1) is 0 Å². The maximum atomic E-state index is 12.2. The predicted octanol–water partition coefficient (Wildman–Crippen LogP) is 4.41. The molecule has 2 heterocycles. The molecular formula is C24H10O7. The van der Waals surface area contributed by atoms with E-state index in [1.807, 2.05) is 0 Å². The summed E-state index contributed by atoms with van der Waals surface area (Å²) in [4.78, 5) is 48.7. The molecule has 2 aliphatic heterocycles. The first-order valence-corrected chi connectivity index (χ1v) is 9.35. The first kappa shape index (κ1) is 17.3. The number of carbonyl (C=O) groups is 4. The summed E-state index contributed by atoms with van der Waals surface area (Å²) in [7, 11) is 0. The van der Waals surface area contributed by atoms with Gasteiger partial charge in [-0.15, -0.1) is 0 Å². The van der Waals surface area contributed by atoms with Gasteiger partial charge >= 0.3 is 23.9 Å². The van der Waals surface area contributed by atoms with Crippen molar-refractivity contribution in [1.29, 1.82) is 0 Å². The predicted molar refractivity (Wildman–Crippen MR) is 107 cm³/mol. The molecule has 7 nitrogen and oxygen atoms in total. The largest absolute Gasteiger partial charge is 0.456 e. The summed E-state index contributed by atoms with van der Waals surface area (Å²) in [5.41, 5.74) is 0.611. The number of carbonyl (C=O) groups excluding carboxylic acids is 4. The second kappa shape index (κ2) is 5.99. The number of fused-ring (bicyclic) bond motifs is 6. The summed E-state index contributed by atoms with van der Waals surface area (Å²) in [6.45, 7) is 0. The van der Waals surface area contributed by atoms with E-state index in [-0.39, 0.29) is 22.3 Å². The quantitative estimate of drug-likeness (QED) is 0.357. The third-order valence-electron chi connectivity index (χ3n) is 5.45. The van der Waals surface area contributed by atoms with Gasteiger partial charge in [0.25, 0.3) is 0 Å². The normalized spacial score (nSPS) is 14.6. The van der Waals surface area contributed by atoms with Crippen LogP contribution < -0.4 is 4.74 Å². The minimum Gasteiger partial charge on any atom is -0.456 e. The van der Waals surface area contributed by atoms with Crippen LogP contribution in [0.3, 0.4) is 0 Å². The molecule has 0 saturated heterocycles. The Morgan fingerprint density at radius 1 is 0.516 bits per heavy atom. The van der Waals surface area contributed by atoms with Gasteiger partial charge in [-0.05, 0) is 12.1 Å². The van der Waals surface area contributed by atoms with E-state index < -0.39 is 23.9 Å². The van der Waals surface area contributed by atoms with Crippen LogP contribution in [0.2, 0.25) is 0 Å². The van der Waals surface area contributed by atoms with Gasteiger partial charge in [0.05, 0.1) is 22.3 Å². The lowest BCUT2D eigenvalue weighted by molar-refractivity contribution is 0.0426. The maximum Gasteiger partial charge on any atom is 0.347 e. The van der Waals surface area contributed by atoms with Gasteiger partial charge in [0, 0.05) is 21.5 Å². The third-order valence-corrected chi connectivity index (χ3v) is 5.45. The van der Waals surface area contributed by atoms with Gasteiger partial charge in [-0.25, -0.2) is 19.2 Å². The standard InChI is InChI=1S/C24H10O7/c25-21-15-9-17(11-5-1-3-7-13(11)19(15)23(27)30-21)29-18-10-16-20(24(28)31-22(16)26)14-8-4-2-6-12(14)18/h1-10H. The zero-order valence-electron chi connectivity index (χ0n) is 15.6. The van der Waals surface area contributed by atoms with Crippen LogP contribution in [0.1, 0.15) is 41.4 Å². The van der Waals surface area contributed by atoms with Crippen molar-refractivity contribution in [1.82, 2.24) is 0 Å². The second-order valence-corrected chi connectivity index (χ2v) is 7.14. The monoisotopic (exact) mass is 410 g/mol. The highest BCUT2D eigenvalue weighted by atomic mass is 16.6. The fourth-order valence-corrected chi connectivity index (χ4v) is 4.11. The smallest absolute Gasteiger partial charge is 0.347 e. The summed E-state index contributed by atoms with van der Waals surface area (Å²) in [6.07, 6.45) is 0. The zero-order valence-corrected chi connectivity index (χ0v) is 15.6. The Kier molecular flexibility index (Phi) is 3.35. The van der Waals surface area contributed by atoms with E-state index in [1.54, 1.807) is 48.5 Å². The Morgan fingerprint density at radius 2 is 0.903 bits per heavy atom. The van der Waals surface area contributed by atoms with Crippen molar-refractivity contribution in [3.8, 4) is 11.5 Å². The zero-order chi connectivity index (χ0) is 21.3. The highest BCUT2D eigenvalue weighted by molar-refractivity contribution is 6.23. The number of cyclic esters (lactones) is 4. The lowest BCUT2D eigenvalue weighted by atomic mass is 9.98. The highest BCUT2D eigenvalue weighted by Gasteiger charge is 2.35. The van der Waals surface area contributed by atoms with Crippen molar-refractivity contribution in [2.24, 2.45) is 0 Å². The molecule has 0 bridgehead atoms. The van der Waals surface area contributed by atoms with E-state index in [9.17, 15) is 19.2 Å². The lowest BCUT2D eigenvalue weighted by Gasteiger charge is -2.14. The Hall–Kier alpha value is -4.52. The minimum atomic E-state index is -0.747. The molecule has 148 valence electrons. The molecule has 31 heavy (non-hydrogen) atoms. The molecule has 4 aromatic carbocycles.